The molecular formula is C21H19ClN2O3. The molecule has 5 nitrogen and oxygen atoms in total. The smallest absolute Gasteiger partial charge is 0.350 e. The molecule has 27 heavy (non-hydrogen) atoms. The van der Waals surface area contributed by atoms with E-state index in [2.05, 4.69) is 5.16 Å². The molecule has 0 saturated heterocycles. The lowest BCUT2D eigenvalue weighted by Gasteiger charge is -2.46. The van der Waals surface area contributed by atoms with Gasteiger partial charge in [-0.2, -0.15) is 0 Å². The van der Waals surface area contributed by atoms with Crippen LogP contribution in [0.4, 0.5) is 0 Å². The Morgan fingerprint density at radius 2 is 1.74 bits per heavy atom. The summed E-state index contributed by atoms with van der Waals surface area (Å²) in [6.07, 6.45) is 0.192. The monoisotopic (exact) mass is 382 g/mol. The van der Waals surface area contributed by atoms with E-state index in [-0.39, 0.29) is 18.0 Å². The molecule has 1 saturated carbocycles. The van der Waals surface area contributed by atoms with Crippen molar-refractivity contribution in [2.75, 3.05) is 0 Å². The minimum Gasteiger partial charge on any atom is -0.383 e. The Bertz CT molecular complexity index is 926. The number of nitrogens with zero attached hydrogens (tertiary/aromatic N) is 1. The van der Waals surface area contributed by atoms with Crippen molar-refractivity contribution in [3.05, 3.63) is 70.7 Å². The Kier molecular flexibility index (Phi) is 4.27. The molecular weight excluding hydrogens is 364 g/mol. The number of oxime groups is 1. The first-order valence-corrected chi connectivity index (χ1v) is 9.22. The van der Waals surface area contributed by atoms with Gasteiger partial charge in [0, 0.05) is 29.2 Å². The van der Waals surface area contributed by atoms with Gasteiger partial charge in [-0.05, 0) is 23.3 Å². The zero-order chi connectivity index (χ0) is 19.2. The number of ketones is 1. The zero-order valence-corrected chi connectivity index (χ0v) is 15.5. The van der Waals surface area contributed by atoms with E-state index >= 15 is 0 Å². The van der Waals surface area contributed by atoms with Crippen LogP contribution in [-0.4, -0.2) is 17.6 Å². The van der Waals surface area contributed by atoms with E-state index in [0.717, 1.165) is 11.1 Å². The summed E-state index contributed by atoms with van der Waals surface area (Å²) in [6.45, 7) is 1.85. The van der Waals surface area contributed by atoms with Crippen LogP contribution in [0.15, 0.2) is 59.8 Å². The molecule has 2 aromatic rings. The molecule has 2 N–H and O–H groups in total. The summed E-state index contributed by atoms with van der Waals surface area (Å²) in [7, 11) is 0. The number of halogens is 1. The molecule has 2 aliphatic rings. The van der Waals surface area contributed by atoms with Gasteiger partial charge in [0.15, 0.2) is 5.84 Å². The highest BCUT2D eigenvalue weighted by atomic mass is 35.5. The van der Waals surface area contributed by atoms with Crippen molar-refractivity contribution in [3.63, 3.8) is 0 Å². The number of Topliss-reactive ketones (excluding diaryl/α,β-unsaturated/α-hetero) is 1. The van der Waals surface area contributed by atoms with Crippen LogP contribution in [-0.2, 0) is 14.4 Å². The van der Waals surface area contributed by atoms with E-state index in [1.807, 2.05) is 49.4 Å². The average Bonchev–Trinajstić information content (AvgIpc) is 2.96. The Morgan fingerprint density at radius 1 is 1.07 bits per heavy atom. The fourth-order valence-corrected chi connectivity index (χ4v) is 4.71. The number of carbonyl (C=O) groups excluding carboxylic acids is 2. The highest BCUT2D eigenvalue weighted by Gasteiger charge is 2.65. The standard InChI is InChI=1S/C21H19ClN2O3/c1-12-17(25)11-16(13-7-9-15(22)10-8-13)21(19(23)24-27-20(21)26)18(12)14-5-3-2-4-6-14/h2-10,12,16,18H,11H2,1H3,(H2,23,24)/t12-,16?,18-,21?/m0/s1. The molecule has 6 heteroatoms. The van der Waals surface area contributed by atoms with Gasteiger partial charge in [-0.15, -0.1) is 0 Å². The molecule has 1 heterocycles. The Balaban J connectivity index is 1.96. The lowest BCUT2D eigenvalue weighted by Crippen LogP contribution is -2.55. The molecule has 4 rings (SSSR count). The van der Waals surface area contributed by atoms with E-state index < -0.39 is 29.1 Å². The first-order valence-electron chi connectivity index (χ1n) is 8.84. The summed E-state index contributed by atoms with van der Waals surface area (Å²) in [5.41, 5.74) is 6.76. The van der Waals surface area contributed by atoms with Gasteiger partial charge in [0.1, 0.15) is 11.2 Å². The Labute approximate surface area is 162 Å². The second-order valence-electron chi connectivity index (χ2n) is 7.18. The minimum absolute atomic E-state index is 0.0851. The second kappa shape index (κ2) is 6.50. The molecule has 1 spiro atoms. The van der Waals surface area contributed by atoms with Crippen LogP contribution < -0.4 is 5.73 Å². The van der Waals surface area contributed by atoms with Crippen LogP contribution in [0.25, 0.3) is 0 Å². The average molecular weight is 383 g/mol. The van der Waals surface area contributed by atoms with E-state index in [0.29, 0.717) is 5.02 Å². The summed E-state index contributed by atoms with van der Waals surface area (Å²) in [5.74, 6) is -1.62. The van der Waals surface area contributed by atoms with Crippen LogP contribution in [0.3, 0.4) is 0 Å². The van der Waals surface area contributed by atoms with E-state index in [1.165, 1.54) is 0 Å². The molecule has 2 unspecified atom stereocenters. The van der Waals surface area contributed by atoms with Gasteiger partial charge in [-0.1, -0.05) is 66.1 Å². The summed E-state index contributed by atoms with van der Waals surface area (Å²) >= 11 is 6.03. The Hall–Kier alpha value is -2.66. The molecule has 0 radical (unpaired) electrons. The SMILES string of the molecule is C[C@H]1C(=O)CC(c2ccc(Cl)cc2)C2(C(=O)ON=C2N)[C@@H]1c1ccccc1. The number of carbonyl (C=O) groups is 2. The van der Waals surface area contributed by atoms with Crippen LogP contribution in [0.1, 0.15) is 36.3 Å². The first kappa shape index (κ1) is 17.7. The fraction of sp³-hybridized carbons (Fsp3) is 0.286. The third kappa shape index (κ3) is 2.57. The van der Waals surface area contributed by atoms with Gasteiger partial charge >= 0.3 is 5.97 Å². The normalized spacial score (nSPS) is 30.3. The van der Waals surface area contributed by atoms with E-state index in [1.54, 1.807) is 12.1 Å². The molecule has 138 valence electrons. The maximum atomic E-state index is 13.1. The molecule has 1 aliphatic carbocycles. The molecule has 4 atom stereocenters. The maximum Gasteiger partial charge on any atom is 0.350 e. The van der Waals surface area contributed by atoms with Crippen molar-refractivity contribution in [1.29, 1.82) is 0 Å². The molecule has 0 bridgehead atoms. The van der Waals surface area contributed by atoms with Crippen molar-refractivity contribution in [2.24, 2.45) is 22.2 Å². The maximum absolute atomic E-state index is 13.1. The predicted octanol–water partition coefficient (Wildman–Crippen LogP) is 3.63. The number of hydrogen-bond acceptors (Lipinski definition) is 5. The van der Waals surface area contributed by atoms with Gasteiger partial charge in [0.2, 0.25) is 0 Å². The van der Waals surface area contributed by atoms with Crippen molar-refractivity contribution in [1.82, 2.24) is 0 Å². The number of hydrogen-bond donors (Lipinski definition) is 1. The number of amidine groups is 1. The predicted molar refractivity (Wildman–Crippen MR) is 102 cm³/mol. The summed E-state index contributed by atoms with van der Waals surface area (Å²) in [6, 6.07) is 16.7. The summed E-state index contributed by atoms with van der Waals surface area (Å²) < 4.78 is 0. The third-order valence-corrected chi connectivity index (χ3v) is 6.12. The zero-order valence-electron chi connectivity index (χ0n) is 14.8. The van der Waals surface area contributed by atoms with Crippen molar-refractivity contribution >= 4 is 29.2 Å². The van der Waals surface area contributed by atoms with E-state index in [9.17, 15) is 9.59 Å². The van der Waals surface area contributed by atoms with Crippen molar-refractivity contribution < 1.29 is 14.4 Å². The van der Waals surface area contributed by atoms with Gasteiger partial charge in [-0.3, -0.25) is 4.79 Å². The molecule has 0 aromatic heterocycles. The van der Waals surface area contributed by atoms with Gasteiger partial charge in [0.05, 0.1) is 0 Å². The van der Waals surface area contributed by atoms with Gasteiger partial charge in [-0.25, -0.2) is 4.79 Å². The van der Waals surface area contributed by atoms with Gasteiger partial charge < -0.3 is 10.6 Å². The van der Waals surface area contributed by atoms with Crippen LogP contribution >= 0.6 is 11.6 Å². The first-order chi connectivity index (χ1) is 13.0. The minimum atomic E-state index is -1.22. The topological polar surface area (TPSA) is 81.8 Å². The number of rotatable bonds is 2. The molecule has 2 aromatic carbocycles. The Morgan fingerprint density at radius 3 is 2.33 bits per heavy atom. The van der Waals surface area contributed by atoms with Crippen LogP contribution in [0.2, 0.25) is 5.02 Å². The highest BCUT2D eigenvalue weighted by molar-refractivity contribution is 6.30. The van der Waals surface area contributed by atoms with Crippen LogP contribution in [0, 0.1) is 11.3 Å². The fourth-order valence-electron chi connectivity index (χ4n) is 4.59. The molecule has 1 aliphatic heterocycles. The molecule has 0 amide bonds. The highest BCUT2D eigenvalue weighted by Crippen LogP contribution is 2.58. The van der Waals surface area contributed by atoms with Crippen LogP contribution in [0.5, 0.6) is 0 Å². The number of benzene rings is 2. The van der Waals surface area contributed by atoms with Crippen molar-refractivity contribution in [3.8, 4) is 0 Å². The molecule has 1 fully saturated rings. The third-order valence-electron chi connectivity index (χ3n) is 5.87. The quantitative estimate of drug-likeness (QED) is 0.804. The lowest BCUT2D eigenvalue weighted by atomic mass is 9.52. The van der Waals surface area contributed by atoms with E-state index in [4.69, 9.17) is 22.2 Å². The van der Waals surface area contributed by atoms with Gasteiger partial charge in [0.25, 0.3) is 0 Å². The largest absolute Gasteiger partial charge is 0.383 e. The summed E-state index contributed by atoms with van der Waals surface area (Å²) in [4.78, 5) is 31.1. The summed E-state index contributed by atoms with van der Waals surface area (Å²) in [5, 5.41) is 4.41. The second-order valence-corrected chi connectivity index (χ2v) is 7.61. The number of nitrogens with two attached hydrogens (primary N) is 1. The lowest BCUT2D eigenvalue weighted by molar-refractivity contribution is -0.153. The van der Waals surface area contributed by atoms with Crippen molar-refractivity contribution in [2.45, 2.75) is 25.2 Å².